The molecular formula is C10H18O2. The minimum atomic E-state index is 0.209. The normalized spacial score (nSPS) is 22.0. The molecular weight excluding hydrogens is 152 g/mol. The minimum absolute atomic E-state index is 0.209. The number of ether oxygens (including phenoxy) is 1. The fourth-order valence-corrected chi connectivity index (χ4v) is 1.81. The molecule has 2 heteroatoms. The fraction of sp³-hybridized carbons (Fsp3) is 0.900. The summed E-state index contributed by atoms with van der Waals surface area (Å²) in [4.78, 5) is 10.1. The van der Waals surface area contributed by atoms with Crippen LogP contribution in [0, 0.1) is 0 Å². The van der Waals surface area contributed by atoms with Gasteiger partial charge in [0.1, 0.15) is 6.10 Å². The second-order valence-corrected chi connectivity index (χ2v) is 3.55. The van der Waals surface area contributed by atoms with Gasteiger partial charge in [0.05, 0.1) is 0 Å². The highest BCUT2D eigenvalue weighted by molar-refractivity contribution is 5.37. The van der Waals surface area contributed by atoms with Crippen LogP contribution in [0.1, 0.15) is 51.4 Å². The van der Waals surface area contributed by atoms with Crippen molar-refractivity contribution in [3.05, 3.63) is 0 Å². The van der Waals surface area contributed by atoms with E-state index in [4.69, 9.17) is 4.74 Å². The van der Waals surface area contributed by atoms with Crippen LogP contribution in [0.4, 0.5) is 0 Å². The molecule has 0 radical (unpaired) electrons. The van der Waals surface area contributed by atoms with Gasteiger partial charge in [-0.05, 0) is 25.7 Å². The topological polar surface area (TPSA) is 26.3 Å². The van der Waals surface area contributed by atoms with E-state index in [1.165, 1.54) is 38.5 Å². The lowest BCUT2D eigenvalue weighted by Gasteiger charge is -2.12. The Balaban J connectivity index is 2.23. The van der Waals surface area contributed by atoms with E-state index in [0.717, 1.165) is 12.8 Å². The number of carbonyl (C=O) groups is 1. The summed E-state index contributed by atoms with van der Waals surface area (Å²) in [5.74, 6) is 0. The standard InChI is InChI=1S/C10H18O2/c11-9-12-10-7-5-3-1-2-4-6-8-10/h9-10H,1-8H2. The van der Waals surface area contributed by atoms with Crippen molar-refractivity contribution in [3.63, 3.8) is 0 Å². The summed E-state index contributed by atoms with van der Waals surface area (Å²) in [6, 6.07) is 0. The Labute approximate surface area is 74.3 Å². The zero-order valence-electron chi connectivity index (χ0n) is 7.63. The third-order valence-corrected chi connectivity index (χ3v) is 2.55. The molecule has 12 heavy (non-hydrogen) atoms. The van der Waals surface area contributed by atoms with Gasteiger partial charge in [-0.15, -0.1) is 0 Å². The molecule has 0 heterocycles. The van der Waals surface area contributed by atoms with Gasteiger partial charge >= 0.3 is 0 Å². The van der Waals surface area contributed by atoms with Crippen molar-refractivity contribution in [2.45, 2.75) is 57.5 Å². The van der Waals surface area contributed by atoms with Gasteiger partial charge in [-0.2, -0.15) is 0 Å². The molecule has 0 atom stereocenters. The maximum Gasteiger partial charge on any atom is 0.293 e. The first-order chi connectivity index (χ1) is 5.93. The Morgan fingerprint density at radius 3 is 1.92 bits per heavy atom. The van der Waals surface area contributed by atoms with Crippen molar-refractivity contribution in [1.29, 1.82) is 0 Å². The van der Waals surface area contributed by atoms with Crippen molar-refractivity contribution < 1.29 is 9.53 Å². The molecule has 1 fully saturated rings. The lowest BCUT2D eigenvalue weighted by molar-refractivity contribution is -0.134. The zero-order chi connectivity index (χ0) is 8.65. The van der Waals surface area contributed by atoms with E-state index in [2.05, 4.69) is 0 Å². The summed E-state index contributed by atoms with van der Waals surface area (Å²) in [6.45, 7) is 0.600. The predicted octanol–water partition coefficient (Wildman–Crippen LogP) is 2.66. The third-order valence-electron chi connectivity index (χ3n) is 2.55. The lowest BCUT2D eigenvalue weighted by atomic mass is 10.1. The molecule has 2 nitrogen and oxygen atoms in total. The molecule has 1 aliphatic carbocycles. The van der Waals surface area contributed by atoms with Gasteiger partial charge in [0.25, 0.3) is 6.47 Å². The molecule has 1 aliphatic rings. The second kappa shape index (κ2) is 6.04. The summed E-state index contributed by atoms with van der Waals surface area (Å²) >= 11 is 0. The van der Waals surface area contributed by atoms with Crippen molar-refractivity contribution in [2.75, 3.05) is 0 Å². The molecule has 0 amide bonds. The molecule has 70 valence electrons. The molecule has 0 aromatic rings. The van der Waals surface area contributed by atoms with Gasteiger partial charge < -0.3 is 4.74 Å². The van der Waals surface area contributed by atoms with Crippen LogP contribution >= 0.6 is 0 Å². The first-order valence-electron chi connectivity index (χ1n) is 5.02. The Hall–Kier alpha value is -0.530. The van der Waals surface area contributed by atoms with Crippen molar-refractivity contribution >= 4 is 6.47 Å². The summed E-state index contributed by atoms with van der Waals surface area (Å²) in [7, 11) is 0. The van der Waals surface area contributed by atoms with Gasteiger partial charge in [0.15, 0.2) is 0 Å². The Kier molecular flexibility index (Phi) is 4.81. The van der Waals surface area contributed by atoms with Crippen LogP contribution < -0.4 is 0 Å². The van der Waals surface area contributed by atoms with Gasteiger partial charge in [0.2, 0.25) is 0 Å². The molecule has 1 saturated carbocycles. The Morgan fingerprint density at radius 1 is 0.917 bits per heavy atom. The van der Waals surface area contributed by atoms with Crippen LogP contribution in [-0.2, 0) is 9.53 Å². The van der Waals surface area contributed by atoms with Crippen LogP contribution in [0.2, 0.25) is 0 Å². The molecule has 0 aliphatic heterocycles. The van der Waals surface area contributed by atoms with Crippen molar-refractivity contribution in [2.24, 2.45) is 0 Å². The van der Waals surface area contributed by atoms with Crippen LogP contribution in [0.3, 0.4) is 0 Å². The van der Waals surface area contributed by atoms with E-state index < -0.39 is 0 Å². The quantitative estimate of drug-likeness (QED) is 0.595. The van der Waals surface area contributed by atoms with E-state index in [-0.39, 0.29) is 6.10 Å². The van der Waals surface area contributed by atoms with Gasteiger partial charge in [-0.1, -0.05) is 25.7 Å². The lowest BCUT2D eigenvalue weighted by Crippen LogP contribution is -2.11. The van der Waals surface area contributed by atoms with E-state index in [0.29, 0.717) is 6.47 Å². The predicted molar refractivity (Wildman–Crippen MR) is 47.9 cm³/mol. The highest BCUT2D eigenvalue weighted by Crippen LogP contribution is 2.18. The largest absolute Gasteiger partial charge is 0.465 e. The molecule has 0 spiro atoms. The first-order valence-corrected chi connectivity index (χ1v) is 5.02. The summed E-state index contributed by atoms with van der Waals surface area (Å²) in [5.41, 5.74) is 0. The maximum atomic E-state index is 10.1. The zero-order valence-corrected chi connectivity index (χ0v) is 7.63. The summed E-state index contributed by atoms with van der Waals surface area (Å²) in [6.07, 6.45) is 10.1. The molecule has 0 bridgehead atoms. The van der Waals surface area contributed by atoms with Crippen LogP contribution in [0.5, 0.6) is 0 Å². The number of hydrogen-bond acceptors (Lipinski definition) is 2. The number of hydrogen-bond donors (Lipinski definition) is 0. The highest BCUT2D eigenvalue weighted by Gasteiger charge is 2.10. The van der Waals surface area contributed by atoms with E-state index >= 15 is 0 Å². The summed E-state index contributed by atoms with van der Waals surface area (Å²) < 4.78 is 4.99. The average molecular weight is 170 g/mol. The maximum absolute atomic E-state index is 10.1. The molecule has 0 aromatic carbocycles. The Morgan fingerprint density at radius 2 is 1.42 bits per heavy atom. The van der Waals surface area contributed by atoms with Crippen molar-refractivity contribution in [3.8, 4) is 0 Å². The molecule has 0 saturated heterocycles. The van der Waals surface area contributed by atoms with Crippen molar-refractivity contribution in [1.82, 2.24) is 0 Å². The van der Waals surface area contributed by atoms with Crippen LogP contribution in [-0.4, -0.2) is 12.6 Å². The second-order valence-electron chi connectivity index (χ2n) is 3.55. The highest BCUT2D eigenvalue weighted by atomic mass is 16.5. The number of carbonyl (C=O) groups excluding carboxylic acids is 1. The van der Waals surface area contributed by atoms with Crippen LogP contribution in [0.25, 0.3) is 0 Å². The molecule has 1 rings (SSSR count). The van der Waals surface area contributed by atoms with E-state index in [1.807, 2.05) is 0 Å². The van der Waals surface area contributed by atoms with Crippen LogP contribution in [0.15, 0.2) is 0 Å². The van der Waals surface area contributed by atoms with Gasteiger partial charge in [-0.25, -0.2) is 0 Å². The SMILES string of the molecule is O=COC1CCCCCCCC1. The molecule has 0 aromatic heterocycles. The number of rotatable bonds is 2. The third kappa shape index (κ3) is 3.74. The molecule has 0 unspecified atom stereocenters. The minimum Gasteiger partial charge on any atom is -0.465 e. The fourth-order valence-electron chi connectivity index (χ4n) is 1.81. The van der Waals surface area contributed by atoms with Gasteiger partial charge in [-0.3, -0.25) is 4.79 Å². The monoisotopic (exact) mass is 170 g/mol. The van der Waals surface area contributed by atoms with E-state index in [9.17, 15) is 4.79 Å². The molecule has 0 N–H and O–H groups in total. The first kappa shape index (κ1) is 9.56. The summed E-state index contributed by atoms with van der Waals surface area (Å²) in [5, 5.41) is 0. The smallest absolute Gasteiger partial charge is 0.293 e. The Bertz CT molecular complexity index is 113. The average Bonchev–Trinajstić information content (AvgIpc) is 2.19. The van der Waals surface area contributed by atoms with E-state index in [1.54, 1.807) is 0 Å². The van der Waals surface area contributed by atoms with Gasteiger partial charge in [0, 0.05) is 0 Å².